The first-order chi connectivity index (χ1) is 8.22. The van der Waals surface area contributed by atoms with Gasteiger partial charge in [0.25, 0.3) is 0 Å². The summed E-state index contributed by atoms with van der Waals surface area (Å²) in [5.41, 5.74) is 6.30. The highest BCUT2D eigenvalue weighted by Gasteiger charge is 2.21. The summed E-state index contributed by atoms with van der Waals surface area (Å²) in [5, 5.41) is 2.74. The Morgan fingerprint density at radius 3 is 3.12 bits per heavy atom. The van der Waals surface area contributed by atoms with E-state index < -0.39 is 0 Å². The Morgan fingerprint density at radius 1 is 1.59 bits per heavy atom. The van der Waals surface area contributed by atoms with E-state index >= 15 is 0 Å². The average molecular weight is 237 g/mol. The number of amides is 1. The third-order valence-corrected chi connectivity index (χ3v) is 2.45. The second-order valence-electron chi connectivity index (χ2n) is 3.62. The number of nitrogen functional groups attached to an aromatic ring is 1. The molecule has 2 rings (SSSR count). The molecule has 7 nitrogen and oxygen atoms in total. The van der Waals surface area contributed by atoms with Gasteiger partial charge in [-0.15, -0.1) is 0 Å². The molecule has 1 saturated heterocycles. The van der Waals surface area contributed by atoms with Crippen LogP contribution in [0.1, 0.15) is 6.92 Å². The largest absolute Gasteiger partial charge is 0.476 e. The van der Waals surface area contributed by atoms with Crippen LogP contribution in [0.2, 0.25) is 0 Å². The van der Waals surface area contributed by atoms with Crippen molar-refractivity contribution in [3.8, 4) is 5.88 Å². The van der Waals surface area contributed by atoms with Gasteiger partial charge >= 0.3 is 0 Å². The van der Waals surface area contributed by atoms with Crippen molar-refractivity contribution >= 4 is 17.4 Å². The maximum absolute atomic E-state index is 11.3. The highest BCUT2D eigenvalue weighted by Crippen LogP contribution is 2.27. The van der Waals surface area contributed by atoms with E-state index in [4.69, 9.17) is 10.5 Å². The van der Waals surface area contributed by atoms with E-state index in [0.717, 1.165) is 0 Å². The van der Waals surface area contributed by atoms with Crippen LogP contribution >= 0.6 is 0 Å². The number of nitrogens with zero attached hydrogens (tertiary/aromatic N) is 3. The summed E-state index contributed by atoms with van der Waals surface area (Å²) in [5.74, 6) is 0.883. The number of ether oxygens (including phenoxy) is 1. The molecule has 2 heterocycles. The van der Waals surface area contributed by atoms with Crippen LogP contribution in [0.25, 0.3) is 0 Å². The molecule has 0 aliphatic carbocycles. The summed E-state index contributed by atoms with van der Waals surface area (Å²) in [4.78, 5) is 21.2. The Morgan fingerprint density at radius 2 is 2.41 bits per heavy atom. The van der Waals surface area contributed by atoms with Crippen LogP contribution in [0.4, 0.5) is 11.5 Å². The van der Waals surface area contributed by atoms with Gasteiger partial charge in [0, 0.05) is 13.1 Å². The standard InChI is InChI=1S/C10H15N5O2/c1-2-17-10-8(11)9(13-6-14-10)15-4-3-12-7(16)5-15/h6H,2-5,11H2,1H3,(H,12,16). The number of nitrogens with two attached hydrogens (primary N) is 1. The molecule has 3 N–H and O–H groups in total. The lowest BCUT2D eigenvalue weighted by molar-refractivity contribution is -0.120. The number of anilines is 2. The summed E-state index contributed by atoms with van der Waals surface area (Å²) in [6.45, 7) is 3.87. The molecule has 0 aromatic carbocycles. The molecule has 1 aliphatic rings. The van der Waals surface area contributed by atoms with E-state index in [2.05, 4.69) is 15.3 Å². The van der Waals surface area contributed by atoms with Crippen molar-refractivity contribution in [3.63, 3.8) is 0 Å². The molecule has 1 aliphatic heterocycles. The van der Waals surface area contributed by atoms with Crippen molar-refractivity contribution in [3.05, 3.63) is 6.33 Å². The predicted molar refractivity (Wildman–Crippen MR) is 62.8 cm³/mol. The van der Waals surface area contributed by atoms with E-state index in [1.807, 2.05) is 11.8 Å². The molecule has 1 amide bonds. The minimum absolute atomic E-state index is 0.0350. The third-order valence-electron chi connectivity index (χ3n) is 2.45. The number of piperazine rings is 1. The van der Waals surface area contributed by atoms with Crippen molar-refractivity contribution in [1.82, 2.24) is 15.3 Å². The molecule has 1 aromatic heterocycles. The second-order valence-corrected chi connectivity index (χ2v) is 3.62. The van der Waals surface area contributed by atoms with Crippen LogP contribution in [0.3, 0.4) is 0 Å². The molecule has 92 valence electrons. The van der Waals surface area contributed by atoms with Crippen LogP contribution < -0.4 is 20.7 Å². The zero-order chi connectivity index (χ0) is 12.3. The van der Waals surface area contributed by atoms with Crippen LogP contribution in [-0.2, 0) is 4.79 Å². The SMILES string of the molecule is CCOc1ncnc(N2CCNC(=O)C2)c1N. The number of hydrogen-bond acceptors (Lipinski definition) is 6. The molecule has 0 radical (unpaired) electrons. The van der Waals surface area contributed by atoms with Crippen molar-refractivity contribution in [2.75, 3.05) is 36.9 Å². The molecule has 1 fully saturated rings. The number of carbonyl (C=O) groups is 1. The van der Waals surface area contributed by atoms with Crippen LogP contribution in [-0.4, -0.2) is 42.1 Å². The smallest absolute Gasteiger partial charge is 0.242 e. The maximum atomic E-state index is 11.3. The van der Waals surface area contributed by atoms with E-state index in [0.29, 0.717) is 37.1 Å². The van der Waals surface area contributed by atoms with Gasteiger partial charge in [-0.3, -0.25) is 4.79 Å². The summed E-state index contributed by atoms with van der Waals surface area (Å²) >= 11 is 0. The van der Waals surface area contributed by atoms with Gasteiger partial charge in [-0.1, -0.05) is 0 Å². The molecule has 1 aromatic rings. The highest BCUT2D eigenvalue weighted by atomic mass is 16.5. The lowest BCUT2D eigenvalue weighted by Crippen LogP contribution is -2.48. The molecule has 7 heteroatoms. The van der Waals surface area contributed by atoms with E-state index in [9.17, 15) is 4.79 Å². The molecule has 0 unspecified atom stereocenters. The van der Waals surface area contributed by atoms with Crippen molar-refractivity contribution in [2.45, 2.75) is 6.92 Å². The monoisotopic (exact) mass is 237 g/mol. The lowest BCUT2D eigenvalue weighted by atomic mass is 10.3. The van der Waals surface area contributed by atoms with Gasteiger partial charge in [0.15, 0.2) is 5.82 Å². The minimum atomic E-state index is -0.0350. The van der Waals surface area contributed by atoms with Gasteiger partial charge in [0.2, 0.25) is 11.8 Å². The zero-order valence-corrected chi connectivity index (χ0v) is 9.64. The molecule has 0 bridgehead atoms. The summed E-state index contributed by atoms with van der Waals surface area (Å²) in [7, 11) is 0. The fourth-order valence-corrected chi connectivity index (χ4v) is 1.69. The van der Waals surface area contributed by atoms with Gasteiger partial charge in [-0.25, -0.2) is 4.98 Å². The molecular formula is C10H15N5O2. The first kappa shape index (κ1) is 11.4. The minimum Gasteiger partial charge on any atom is -0.476 e. The average Bonchev–Trinajstić information content (AvgIpc) is 2.32. The van der Waals surface area contributed by atoms with Gasteiger partial charge in [-0.2, -0.15) is 4.98 Å². The van der Waals surface area contributed by atoms with Gasteiger partial charge in [0.05, 0.1) is 13.2 Å². The Kier molecular flexibility index (Phi) is 3.27. The van der Waals surface area contributed by atoms with E-state index in [1.165, 1.54) is 6.33 Å². The fraction of sp³-hybridized carbons (Fsp3) is 0.500. The first-order valence-electron chi connectivity index (χ1n) is 5.47. The zero-order valence-electron chi connectivity index (χ0n) is 9.64. The predicted octanol–water partition coefficient (Wildman–Crippen LogP) is -0.606. The fourth-order valence-electron chi connectivity index (χ4n) is 1.69. The highest BCUT2D eigenvalue weighted by molar-refractivity contribution is 5.84. The number of nitrogens with one attached hydrogen (secondary N) is 1. The van der Waals surface area contributed by atoms with Gasteiger partial charge in [0.1, 0.15) is 12.0 Å². The first-order valence-corrected chi connectivity index (χ1v) is 5.47. The molecule has 0 atom stereocenters. The Balaban J connectivity index is 2.25. The number of hydrogen-bond donors (Lipinski definition) is 2. The van der Waals surface area contributed by atoms with Gasteiger partial charge < -0.3 is 20.7 Å². The Hall–Kier alpha value is -2.05. The number of rotatable bonds is 3. The topological polar surface area (TPSA) is 93.4 Å². The van der Waals surface area contributed by atoms with Crippen LogP contribution in [0.15, 0.2) is 6.33 Å². The summed E-state index contributed by atoms with van der Waals surface area (Å²) in [6, 6.07) is 0. The summed E-state index contributed by atoms with van der Waals surface area (Å²) < 4.78 is 5.29. The number of carbonyl (C=O) groups excluding carboxylic acids is 1. The van der Waals surface area contributed by atoms with Crippen molar-refractivity contribution in [1.29, 1.82) is 0 Å². The molecular weight excluding hydrogens is 222 g/mol. The van der Waals surface area contributed by atoms with Crippen LogP contribution in [0.5, 0.6) is 5.88 Å². The quantitative estimate of drug-likeness (QED) is 0.728. The Bertz CT molecular complexity index is 423. The lowest BCUT2D eigenvalue weighted by Gasteiger charge is -2.28. The second kappa shape index (κ2) is 4.86. The Labute approximate surface area is 99.0 Å². The molecule has 0 saturated carbocycles. The van der Waals surface area contributed by atoms with E-state index in [-0.39, 0.29) is 12.5 Å². The normalized spacial score (nSPS) is 15.6. The maximum Gasteiger partial charge on any atom is 0.242 e. The van der Waals surface area contributed by atoms with Crippen molar-refractivity contribution < 1.29 is 9.53 Å². The third kappa shape index (κ3) is 2.38. The molecule has 17 heavy (non-hydrogen) atoms. The van der Waals surface area contributed by atoms with Crippen molar-refractivity contribution in [2.24, 2.45) is 0 Å². The molecule has 0 spiro atoms. The van der Waals surface area contributed by atoms with E-state index in [1.54, 1.807) is 0 Å². The van der Waals surface area contributed by atoms with Crippen LogP contribution in [0, 0.1) is 0 Å². The summed E-state index contributed by atoms with van der Waals surface area (Å²) in [6.07, 6.45) is 1.39. The number of aromatic nitrogens is 2. The van der Waals surface area contributed by atoms with Gasteiger partial charge in [-0.05, 0) is 6.92 Å².